The molecule has 2 N–H and O–H groups in total. The maximum atomic E-state index is 4.60. The first-order valence-corrected chi connectivity index (χ1v) is 9.39. The van der Waals surface area contributed by atoms with Gasteiger partial charge in [0.05, 0.1) is 17.4 Å². The molecule has 0 saturated heterocycles. The molecular weight excluding hydrogens is 348 g/mol. The highest BCUT2D eigenvalue weighted by Crippen LogP contribution is 2.28. The summed E-state index contributed by atoms with van der Waals surface area (Å²) in [6.07, 6.45) is 15.8. The van der Waals surface area contributed by atoms with Crippen LogP contribution < -0.4 is 5.32 Å². The van der Waals surface area contributed by atoms with Gasteiger partial charge in [-0.15, -0.1) is 0 Å². The minimum absolute atomic E-state index is 0.814. The van der Waals surface area contributed by atoms with Gasteiger partial charge >= 0.3 is 0 Å². The zero-order chi connectivity index (χ0) is 18.9. The molecule has 0 atom stereocenters. The number of anilines is 1. The molecule has 138 valence electrons. The smallest absolute Gasteiger partial charge is 0.160 e. The number of rotatable bonds is 3. The molecule has 5 rings (SSSR count). The van der Waals surface area contributed by atoms with Crippen LogP contribution in [-0.4, -0.2) is 25.4 Å². The number of nitrogens with zero attached hydrogens (tertiary/aromatic N) is 4. The third-order valence-electron chi connectivity index (χ3n) is 5.02. The summed E-state index contributed by atoms with van der Waals surface area (Å²) in [6.45, 7) is 2.15. The Labute approximate surface area is 162 Å². The number of imidazole rings is 1. The lowest BCUT2D eigenvalue weighted by Gasteiger charge is -2.11. The number of pyridine rings is 1. The molecule has 1 aliphatic rings. The lowest BCUT2D eigenvalue weighted by atomic mass is 10.1. The standard InChI is InChI=1S/C22H20N6/c1-2-15-4-3-5-21(24-12-15)26-20-11-18(14-28-9-8-23-22(20)28)16-6-7-17-13-25-27-19(17)10-16/h3,5-14H,2,4H2,1H3,(H,24,26)(H,25,27). The summed E-state index contributed by atoms with van der Waals surface area (Å²) in [5.74, 6) is 0.814. The fourth-order valence-electron chi connectivity index (χ4n) is 3.43. The van der Waals surface area contributed by atoms with Crippen molar-refractivity contribution in [3.8, 4) is 11.1 Å². The fraction of sp³-hybridized carbons (Fsp3) is 0.136. The van der Waals surface area contributed by atoms with E-state index in [0.29, 0.717) is 0 Å². The van der Waals surface area contributed by atoms with Gasteiger partial charge in [-0.25, -0.2) is 9.98 Å². The van der Waals surface area contributed by atoms with Gasteiger partial charge in [0.15, 0.2) is 5.65 Å². The van der Waals surface area contributed by atoms with Crippen molar-refractivity contribution in [2.24, 2.45) is 4.99 Å². The zero-order valence-electron chi connectivity index (χ0n) is 15.6. The summed E-state index contributed by atoms with van der Waals surface area (Å²) in [5, 5.41) is 11.7. The first kappa shape index (κ1) is 16.5. The van der Waals surface area contributed by atoms with E-state index in [4.69, 9.17) is 0 Å². The predicted molar refractivity (Wildman–Crippen MR) is 113 cm³/mol. The van der Waals surface area contributed by atoms with Crippen LogP contribution >= 0.6 is 0 Å². The molecule has 0 fully saturated rings. The highest BCUT2D eigenvalue weighted by Gasteiger charge is 2.10. The second-order valence-corrected chi connectivity index (χ2v) is 6.86. The first-order valence-electron chi connectivity index (χ1n) is 9.39. The van der Waals surface area contributed by atoms with Gasteiger partial charge in [0.2, 0.25) is 0 Å². The van der Waals surface area contributed by atoms with Crippen molar-refractivity contribution < 1.29 is 0 Å². The van der Waals surface area contributed by atoms with E-state index in [1.54, 1.807) is 0 Å². The molecule has 6 heteroatoms. The molecule has 0 bridgehead atoms. The highest BCUT2D eigenvalue weighted by molar-refractivity contribution is 6.06. The molecule has 0 spiro atoms. The van der Waals surface area contributed by atoms with Crippen LogP contribution in [0.1, 0.15) is 19.8 Å². The third-order valence-corrected chi connectivity index (χ3v) is 5.02. The number of amidine groups is 1. The van der Waals surface area contributed by atoms with E-state index in [1.807, 2.05) is 35.3 Å². The van der Waals surface area contributed by atoms with E-state index in [0.717, 1.165) is 52.0 Å². The van der Waals surface area contributed by atoms with Crippen molar-refractivity contribution in [3.05, 3.63) is 73.0 Å². The number of benzene rings is 1. The minimum Gasteiger partial charge on any atom is -0.337 e. The van der Waals surface area contributed by atoms with E-state index in [-0.39, 0.29) is 0 Å². The van der Waals surface area contributed by atoms with E-state index < -0.39 is 0 Å². The van der Waals surface area contributed by atoms with Gasteiger partial charge in [0.1, 0.15) is 5.84 Å². The molecule has 0 unspecified atom stereocenters. The number of aromatic nitrogens is 4. The van der Waals surface area contributed by atoms with Crippen LogP contribution in [0.25, 0.3) is 27.7 Å². The third kappa shape index (κ3) is 2.99. The van der Waals surface area contributed by atoms with Gasteiger partial charge in [-0.2, -0.15) is 5.10 Å². The Kier molecular flexibility index (Phi) is 4.01. The SMILES string of the molecule is CCC1=CN=C(Nc2cc(-c3ccc4cn[nH]c4c3)cn3ccnc23)C=CC1. The Bertz CT molecular complexity index is 1250. The number of H-pyrrole nitrogens is 1. The molecule has 4 aromatic rings. The van der Waals surface area contributed by atoms with Crippen LogP contribution in [0.3, 0.4) is 0 Å². The number of aliphatic imine (C=N–C) groups is 1. The minimum atomic E-state index is 0.814. The normalized spacial score (nSPS) is 14.2. The van der Waals surface area contributed by atoms with Crippen LogP contribution in [0.15, 0.2) is 78.0 Å². The van der Waals surface area contributed by atoms with Gasteiger partial charge in [-0.1, -0.05) is 25.1 Å². The molecule has 0 radical (unpaired) electrons. The second kappa shape index (κ2) is 6.81. The number of hydrogen-bond donors (Lipinski definition) is 2. The van der Waals surface area contributed by atoms with Crippen molar-refractivity contribution >= 4 is 28.1 Å². The average molecular weight is 368 g/mol. The molecular formula is C22H20N6. The number of allylic oxidation sites excluding steroid dienone is 2. The summed E-state index contributed by atoms with van der Waals surface area (Å²) in [6, 6.07) is 8.42. The van der Waals surface area contributed by atoms with E-state index in [9.17, 15) is 0 Å². The Morgan fingerprint density at radius 2 is 2.18 bits per heavy atom. The van der Waals surface area contributed by atoms with Crippen LogP contribution in [-0.2, 0) is 0 Å². The number of nitrogens with one attached hydrogen (secondary N) is 2. The van der Waals surface area contributed by atoms with Crippen LogP contribution in [0, 0.1) is 0 Å². The second-order valence-electron chi connectivity index (χ2n) is 6.86. The summed E-state index contributed by atoms with van der Waals surface area (Å²) in [4.78, 5) is 9.11. The zero-order valence-corrected chi connectivity index (χ0v) is 15.6. The molecule has 1 aromatic carbocycles. The van der Waals surface area contributed by atoms with Crippen LogP contribution in [0.5, 0.6) is 0 Å². The Balaban J connectivity index is 1.58. The Hall–Kier alpha value is -3.67. The molecule has 4 heterocycles. The van der Waals surface area contributed by atoms with Gasteiger partial charge in [-0.3, -0.25) is 5.10 Å². The van der Waals surface area contributed by atoms with Gasteiger partial charge < -0.3 is 9.72 Å². The highest BCUT2D eigenvalue weighted by atomic mass is 15.1. The first-order chi connectivity index (χ1) is 13.8. The van der Waals surface area contributed by atoms with E-state index in [1.165, 1.54) is 5.57 Å². The molecule has 1 aliphatic heterocycles. The molecule has 6 nitrogen and oxygen atoms in total. The molecule has 0 aliphatic carbocycles. The summed E-state index contributed by atoms with van der Waals surface area (Å²) in [5.41, 5.74) is 6.33. The quantitative estimate of drug-likeness (QED) is 0.538. The fourth-order valence-corrected chi connectivity index (χ4v) is 3.43. The molecule has 0 saturated carbocycles. The van der Waals surface area contributed by atoms with E-state index in [2.05, 4.69) is 69.0 Å². The van der Waals surface area contributed by atoms with Gasteiger partial charge in [0, 0.05) is 35.7 Å². The maximum absolute atomic E-state index is 4.60. The van der Waals surface area contributed by atoms with Crippen LogP contribution in [0.4, 0.5) is 5.69 Å². The van der Waals surface area contributed by atoms with Gasteiger partial charge in [0.25, 0.3) is 0 Å². The lowest BCUT2D eigenvalue weighted by molar-refractivity contribution is 1.02. The topological polar surface area (TPSA) is 70.4 Å². The van der Waals surface area contributed by atoms with Crippen molar-refractivity contribution in [3.63, 3.8) is 0 Å². The molecule has 3 aromatic heterocycles. The van der Waals surface area contributed by atoms with Crippen molar-refractivity contribution in [1.29, 1.82) is 0 Å². The van der Waals surface area contributed by atoms with Crippen molar-refractivity contribution in [2.75, 3.05) is 5.32 Å². The Morgan fingerprint density at radius 3 is 3.11 bits per heavy atom. The summed E-state index contributed by atoms with van der Waals surface area (Å²) >= 11 is 0. The number of fused-ring (bicyclic) bond motifs is 2. The number of aromatic amines is 1. The Morgan fingerprint density at radius 1 is 1.21 bits per heavy atom. The molecule has 0 amide bonds. The lowest BCUT2D eigenvalue weighted by Crippen LogP contribution is -2.09. The maximum Gasteiger partial charge on any atom is 0.160 e. The summed E-state index contributed by atoms with van der Waals surface area (Å²) < 4.78 is 2.03. The summed E-state index contributed by atoms with van der Waals surface area (Å²) in [7, 11) is 0. The van der Waals surface area contributed by atoms with Gasteiger partial charge in [-0.05, 0) is 42.2 Å². The van der Waals surface area contributed by atoms with Crippen molar-refractivity contribution in [2.45, 2.75) is 19.8 Å². The average Bonchev–Trinajstić information content (AvgIpc) is 3.33. The number of hydrogen-bond acceptors (Lipinski definition) is 4. The van der Waals surface area contributed by atoms with E-state index >= 15 is 0 Å². The van der Waals surface area contributed by atoms with Crippen molar-refractivity contribution in [1.82, 2.24) is 19.6 Å². The largest absolute Gasteiger partial charge is 0.337 e. The molecule has 28 heavy (non-hydrogen) atoms. The monoisotopic (exact) mass is 368 g/mol. The van der Waals surface area contributed by atoms with Crippen LogP contribution in [0.2, 0.25) is 0 Å². The predicted octanol–water partition coefficient (Wildman–Crippen LogP) is 4.94.